The summed E-state index contributed by atoms with van der Waals surface area (Å²) in [5.74, 6) is -0.600. The second-order valence-corrected chi connectivity index (χ2v) is 7.14. The molecule has 4 rings (SSSR count). The Balaban J connectivity index is 1.53. The molecule has 29 heavy (non-hydrogen) atoms. The Morgan fingerprint density at radius 1 is 0.759 bits per heavy atom. The van der Waals surface area contributed by atoms with Crippen molar-refractivity contribution in [1.29, 1.82) is 0 Å². The number of hydrogen-bond acceptors (Lipinski definition) is 2. The summed E-state index contributed by atoms with van der Waals surface area (Å²) in [7, 11) is 0. The smallest absolute Gasteiger partial charge is 0.167 e. The second kappa shape index (κ2) is 8.19. The average Bonchev–Trinajstić information content (AvgIpc) is 3.20. The van der Waals surface area contributed by atoms with Crippen molar-refractivity contribution in [3.8, 4) is 22.6 Å². The zero-order valence-electron chi connectivity index (χ0n) is 14.9. The predicted molar refractivity (Wildman–Crippen MR) is 113 cm³/mol. The lowest BCUT2D eigenvalue weighted by Crippen LogP contribution is -1.83. The maximum atomic E-state index is 13.7. The van der Waals surface area contributed by atoms with Crippen LogP contribution in [0.4, 0.5) is 8.78 Å². The monoisotopic (exact) mass is 427 g/mol. The molecule has 0 radical (unpaired) electrons. The predicted octanol–water partition coefficient (Wildman–Crippen LogP) is 7.76. The van der Waals surface area contributed by atoms with Gasteiger partial charge in [0.15, 0.2) is 5.76 Å². The standard InChI is InChI=1S/C23H13Cl2F2NO/c24-19-10-8-17(11-20(19)25)22-13-23(29-28-22)16-5-2-14(3-6-16)1-4-15-7-9-18(26)12-21(15)27/h1-13H. The molecule has 0 fully saturated rings. The van der Waals surface area contributed by atoms with Crippen molar-refractivity contribution in [1.82, 2.24) is 5.16 Å². The molecule has 0 spiro atoms. The molecule has 2 nitrogen and oxygen atoms in total. The van der Waals surface area contributed by atoms with E-state index in [-0.39, 0.29) is 0 Å². The van der Waals surface area contributed by atoms with Gasteiger partial charge in [-0.15, -0.1) is 0 Å². The first-order valence-electron chi connectivity index (χ1n) is 8.65. The number of nitrogens with zero attached hydrogens (tertiary/aromatic N) is 1. The first-order valence-corrected chi connectivity index (χ1v) is 9.41. The Bertz CT molecular complexity index is 1200. The van der Waals surface area contributed by atoms with E-state index in [1.807, 2.05) is 36.4 Å². The maximum absolute atomic E-state index is 13.7. The molecule has 0 unspecified atom stereocenters. The van der Waals surface area contributed by atoms with E-state index in [0.29, 0.717) is 27.1 Å². The van der Waals surface area contributed by atoms with Crippen LogP contribution in [0.25, 0.3) is 34.7 Å². The van der Waals surface area contributed by atoms with Gasteiger partial charge in [0.05, 0.1) is 10.0 Å². The second-order valence-electron chi connectivity index (χ2n) is 6.33. The third kappa shape index (κ3) is 4.39. The summed E-state index contributed by atoms with van der Waals surface area (Å²) < 4.78 is 32.1. The fourth-order valence-electron chi connectivity index (χ4n) is 2.78. The van der Waals surface area contributed by atoms with E-state index in [0.717, 1.165) is 22.8 Å². The van der Waals surface area contributed by atoms with Gasteiger partial charge in [-0.1, -0.05) is 70.8 Å². The first kappa shape index (κ1) is 19.4. The van der Waals surface area contributed by atoms with Gasteiger partial charge in [-0.3, -0.25) is 0 Å². The molecular weight excluding hydrogens is 415 g/mol. The minimum absolute atomic E-state index is 0.317. The molecule has 4 aromatic rings. The molecule has 6 heteroatoms. The van der Waals surface area contributed by atoms with Gasteiger partial charge >= 0.3 is 0 Å². The Labute approximate surface area is 176 Å². The first-order chi connectivity index (χ1) is 14.0. The van der Waals surface area contributed by atoms with Crippen LogP contribution in [0.2, 0.25) is 10.0 Å². The summed E-state index contributed by atoms with van der Waals surface area (Å²) in [6.07, 6.45) is 3.35. The molecule has 0 atom stereocenters. The summed E-state index contributed by atoms with van der Waals surface area (Å²) in [5.41, 5.74) is 3.47. The lowest BCUT2D eigenvalue weighted by Gasteiger charge is -1.99. The SMILES string of the molecule is Fc1ccc(C=Cc2ccc(-c3cc(-c4ccc(Cl)c(Cl)c4)no3)cc2)c(F)c1. The zero-order chi connectivity index (χ0) is 20.4. The van der Waals surface area contributed by atoms with Gasteiger partial charge in [0.1, 0.15) is 17.3 Å². The number of aromatic nitrogens is 1. The molecule has 0 N–H and O–H groups in total. The van der Waals surface area contributed by atoms with Gasteiger partial charge in [-0.25, -0.2) is 8.78 Å². The largest absolute Gasteiger partial charge is 0.356 e. The molecule has 0 aliphatic carbocycles. The molecule has 0 amide bonds. The lowest BCUT2D eigenvalue weighted by atomic mass is 10.1. The van der Waals surface area contributed by atoms with Crippen molar-refractivity contribution >= 4 is 35.4 Å². The van der Waals surface area contributed by atoms with Crippen molar-refractivity contribution in [2.45, 2.75) is 0 Å². The van der Waals surface area contributed by atoms with Crippen LogP contribution in [-0.2, 0) is 0 Å². The van der Waals surface area contributed by atoms with Crippen molar-refractivity contribution in [3.63, 3.8) is 0 Å². The van der Waals surface area contributed by atoms with E-state index in [1.165, 1.54) is 12.1 Å². The van der Waals surface area contributed by atoms with Crippen molar-refractivity contribution in [2.75, 3.05) is 0 Å². The molecule has 144 valence electrons. The molecule has 0 saturated heterocycles. The van der Waals surface area contributed by atoms with Crippen molar-refractivity contribution in [2.24, 2.45) is 0 Å². The van der Waals surface area contributed by atoms with E-state index in [9.17, 15) is 8.78 Å². The highest BCUT2D eigenvalue weighted by Crippen LogP contribution is 2.30. The zero-order valence-corrected chi connectivity index (χ0v) is 16.4. The van der Waals surface area contributed by atoms with E-state index in [4.69, 9.17) is 27.7 Å². The molecule has 3 aromatic carbocycles. The van der Waals surface area contributed by atoms with Crippen LogP contribution in [0.15, 0.2) is 71.3 Å². The topological polar surface area (TPSA) is 26.0 Å². The maximum Gasteiger partial charge on any atom is 0.167 e. The number of benzene rings is 3. The Hall–Kier alpha value is -2.95. The van der Waals surface area contributed by atoms with Crippen LogP contribution in [0.5, 0.6) is 0 Å². The van der Waals surface area contributed by atoms with Crippen molar-refractivity contribution < 1.29 is 13.3 Å². The molecule has 0 saturated carbocycles. The fraction of sp³-hybridized carbons (Fsp3) is 0. The normalized spacial score (nSPS) is 11.3. The van der Waals surface area contributed by atoms with E-state index in [2.05, 4.69) is 5.16 Å². The van der Waals surface area contributed by atoms with Crippen LogP contribution in [0.1, 0.15) is 11.1 Å². The highest BCUT2D eigenvalue weighted by Gasteiger charge is 2.10. The number of halogens is 4. The molecule has 1 aromatic heterocycles. The third-order valence-electron chi connectivity index (χ3n) is 4.34. The number of hydrogen-bond donors (Lipinski definition) is 0. The molecule has 0 aliphatic heterocycles. The average molecular weight is 428 g/mol. The quantitative estimate of drug-likeness (QED) is 0.311. The molecule has 1 heterocycles. The Morgan fingerprint density at radius 3 is 2.24 bits per heavy atom. The van der Waals surface area contributed by atoms with Crippen LogP contribution in [-0.4, -0.2) is 5.16 Å². The lowest BCUT2D eigenvalue weighted by molar-refractivity contribution is 0.435. The van der Waals surface area contributed by atoms with Crippen LogP contribution in [0, 0.1) is 11.6 Å². The summed E-state index contributed by atoms with van der Waals surface area (Å²) in [6.45, 7) is 0. The van der Waals surface area contributed by atoms with E-state index in [1.54, 1.807) is 24.3 Å². The van der Waals surface area contributed by atoms with Crippen LogP contribution < -0.4 is 0 Å². The van der Waals surface area contributed by atoms with Gasteiger partial charge < -0.3 is 4.52 Å². The van der Waals surface area contributed by atoms with Crippen LogP contribution in [0.3, 0.4) is 0 Å². The summed E-state index contributed by atoms with van der Waals surface area (Å²) in [6, 6.07) is 18.0. The van der Waals surface area contributed by atoms with Gasteiger partial charge in [0, 0.05) is 28.8 Å². The van der Waals surface area contributed by atoms with E-state index >= 15 is 0 Å². The van der Waals surface area contributed by atoms with E-state index < -0.39 is 11.6 Å². The highest BCUT2D eigenvalue weighted by atomic mass is 35.5. The summed E-state index contributed by atoms with van der Waals surface area (Å²) in [5, 5.41) is 5.01. The molecule has 0 bridgehead atoms. The Kier molecular flexibility index (Phi) is 5.47. The third-order valence-corrected chi connectivity index (χ3v) is 5.08. The minimum Gasteiger partial charge on any atom is -0.356 e. The minimum atomic E-state index is -0.602. The summed E-state index contributed by atoms with van der Waals surface area (Å²) >= 11 is 12.0. The molecular formula is C23H13Cl2F2NO. The highest BCUT2D eigenvalue weighted by molar-refractivity contribution is 6.42. The van der Waals surface area contributed by atoms with Crippen molar-refractivity contribution in [3.05, 3.63) is 99.5 Å². The number of rotatable bonds is 4. The fourth-order valence-corrected chi connectivity index (χ4v) is 3.08. The van der Waals surface area contributed by atoms with Crippen LogP contribution >= 0.6 is 23.2 Å². The van der Waals surface area contributed by atoms with Gasteiger partial charge in [-0.2, -0.15) is 0 Å². The van der Waals surface area contributed by atoms with Gasteiger partial charge in [0.2, 0.25) is 0 Å². The molecule has 0 aliphatic rings. The van der Waals surface area contributed by atoms with Gasteiger partial charge in [0.25, 0.3) is 0 Å². The summed E-state index contributed by atoms with van der Waals surface area (Å²) in [4.78, 5) is 0. The van der Waals surface area contributed by atoms with Gasteiger partial charge in [-0.05, 0) is 29.8 Å². The Morgan fingerprint density at radius 2 is 1.52 bits per heavy atom.